The number of nitrogens with one attached hydrogen (secondary N) is 1. The van der Waals surface area contributed by atoms with E-state index in [-0.39, 0.29) is 12.5 Å². The van der Waals surface area contributed by atoms with Crippen molar-refractivity contribution in [2.45, 2.75) is 31.7 Å². The first-order valence-corrected chi connectivity index (χ1v) is 6.28. The van der Waals surface area contributed by atoms with Crippen LogP contribution in [0.2, 0.25) is 0 Å². The topological polar surface area (TPSA) is 75.3 Å². The smallest absolute Gasteiger partial charge is 0.217 e. The van der Waals surface area contributed by atoms with Gasteiger partial charge in [0.15, 0.2) is 0 Å². The number of hydrogen-bond donors (Lipinski definition) is 3. The predicted molar refractivity (Wildman–Crippen MR) is 71.9 cm³/mol. The molecule has 0 saturated carbocycles. The fraction of sp³-hybridized carbons (Fsp3) is 0.500. The number of carbonyl (C=O) groups excluding carboxylic acids is 1. The number of aliphatic hydroxyl groups excluding tert-OH is 1. The van der Waals surface area contributed by atoms with E-state index in [1.165, 1.54) is 0 Å². The van der Waals surface area contributed by atoms with Crippen molar-refractivity contribution >= 4 is 5.91 Å². The Labute approximate surface area is 108 Å². The third kappa shape index (κ3) is 4.47. The maximum Gasteiger partial charge on any atom is 0.217 e. The van der Waals surface area contributed by atoms with Crippen LogP contribution in [0, 0.1) is 0 Å². The molecule has 0 bridgehead atoms. The summed E-state index contributed by atoms with van der Waals surface area (Å²) in [5.41, 5.74) is 5.70. The highest BCUT2D eigenvalue weighted by molar-refractivity contribution is 5.73. The molecule has 4 N–H and O–H groups in total. The first-order chi connectivity index (χ1) is 8.58. The number of primary amides is 1. The van der Waals surface area contributed by atoms with Gasteiger partial charge in [-0.25, -0.2) is 0 Å². The molecule has 1 aromatic carbocycles. The summed E-state index contributed by atoms with van der Waals surface area (Å²) >= 11 is 0. The fourth-order valence-corrected chi connectivity index (χ4v) is 1.84. The molecule has 0 spiro atoms. The van der Waals surface area contributed by atoms with E-state index >= 15 is 0 Å². The van der Waals surface area contributed by atoms with Gasteiger partial charge in [-0.05, 0) is 31.9 Å². The van der Waals surface area contributed by atoms with E-state index in [1.54, 1.807) is 0 Å². The molecule has 0 aromatic heterocycles. The molecule has 18 heavy (non-hydrogen) atoms. The Morgan fingerprint density at radius 1 is 1.33 bits per heavy atom. The summed E-state index contributed by atoms with van der Waals surface area (Å²) < 4.78 is 0. The fourth-order valence-electron chi connectivity index (χ4n) is 1.84. The first-order valence-electron chi connectivity index (χ1n) is 6.28. The monoisotopic (exact) mass is 250 g/mol. The van der Waals surface area contributed by atoms with E-state index in [1.807, 2.05) is 37.3 Å². The van der Waals surface area contributed by atoms with Crippen LogP contribution in [0.15, 0.2) is 30.3 Å². The van der Waals surface area contributed by atoms with Crippen molar-refractivity contribution in [1.29, 1.82) is 0 Å². The maximum atomic E-state index is 10.6. The zero-order valence-corrected chi connectivity index (χ0v) is 10.9. The van der Waals surface area contributed by atoms with Crippen LogP contribution < -0.4 is 11.1 Å². The van der Waals surface area contributed by atoms with Gasteiger partial charge in [0, 0.05) is 6.42 Å². The van der Waals surface area contributed by atoms with Crippen LogP contribution >= 0.6 is 0 Å². The van der Waals surface area contributed by atoms with Crippen LogP contribution in [0.3, 0.4) is 0 Å². The minimum Gasteiger partial charge on any atom is -0.394 e. The van der Waals surface area contributed by atoms with E-state index < -0.39 is 5.54 Å². The van der Waals surface area contributed by atoms with E-state index in [4.69, 9.17) is 5.73 Å². The summed E-state index contributed by atoms with van der Waals surface area (Å²) in [5.74, 6) is -0.261. The summed E-state index contributed by atoms with van der Waals surface area (Å²) in [5, 5.41) is 12.9. The third-order valence-corrected chi connectivity index (χ3v) is 3.09. The predicted octanol–water partition coefficient (Wildman–Crippen LogP) is 1.14. The van der Waals surface area contributed by atoms with Crippen LogP contribution in [0.5, 0.6) is 0 Å². The number of amides is 1. The molecule has 1 aromatic rings. The highest BCUT2D eigenvalue weighted by atomic mass is 16.3. The van der Waals surface area contributed by atoms with Gasteiger partial charge in [0.05, 0.1) is 12.1 Å². The van der Waals surface area contributed by atoms with Gasteiger partial charge in [-0.15, -0.1) is 0 Å². The molecule has 1 rings (SSSR count). The summed E-state index contributed by atoms with van der Waals surface area (Å²) in [6.45, 7) is 2.75. The summed E-state index contributed by atoms with van der Waals surface area (Å²) in [6.07, 6.45) is 2.06. The minimum absolute atomic E-state index is 0.0346. The SMILES string of the molecule is CC(CO)(NCCCCC(N)=O)c1ccccc1. The van der Waals surface area contributed by atoms with Crippen molar-refractivity contribution in [3.8, 4) is 0 Å². The Kier molecular flexibility index (Phi) is 5.82. The van der Waals surface area contributed by atoms with E-state index in [9.17, 15) is 9.90 Å². The lowest BCUT2D eigenvalue weighted by Gasteiger charge is -2.29. The van der Waals surface area contributed by atoms with Crippen LogP contribution in [0.4, 0.5) is 0 Å². The Balaban J connectivity index is 2.44. The van der Waals surface area contributed by atoms with E-state index in [0.29, 0.717) is 6.42 Å². The molecule has 0 radical (unpaired) electrons. The molecule has 0 aliphatic heterocycles. The highest BCUT2D eigenvalue weighted by Crippen LogP contribution is 2.19. The van der Waals surface area contributed by atoms with Gasteiger partial charge >= 0.3 is 0 Å². The minimum atomic E-state index is -0.437. The van der Waals surface area contributed by atoms with Crippen LogP contribution in [-0.4, -0.2) is 24.2 Å². The lowest BCUT2D eigenvalue weighted by molar-refractivity contribution is -0.118. The van der Waals surface area contributed by atoms with Gasteiger partial charge in [-0.2, -0.15) is 0 Å². The molecule has 1 unspecified atom stereocenters. The molecule has 1 amide bonds. The summed E-state index contributed by atoms with van der Waals surface area (Å²) in [7, 11) is 0. The van der Waals surface area contributed by atoms with Crippen molar-refractivity contribution in [2.75, 3.05) is 13.2 Å². The number of nitrogens with two attached hydrogens (primary N) is 1. The number of hydrogen-bond acceptors (Lipinski definition) is 3. The van der Waals surface area contributed by atoms with E-state index in [2.05, 4.69) is 5.32 Å². The van der Waals surface area contributed by atoms with Crippen molar-refractivity contribution in [3.63, 3.8) is 0 Å². The lowest BCUT2D eigenvalue weighted by Crippen LogP contribution is -2.43. The Bertz CT molecular complexity index is 367. The van der Waals surface area contributed by atoms with Gasteiger partial charge < -0.3 is 16.2 Å². The van der Waals surface area contributed by atoms with Gasteiger partial charge in [0.1, 0.15) is 0 Å². The van der Waals surface area contributed by atoms with Crippen molar-refractivity contribution < 1.29 is 9.90 Å². The third-order valence-electron chi connectivity index (χ3n) is 3.09. The Morgan fingerprint density at radius 2 is 2.00 bits per heavy atom. The van der Waals surface area contributed by atoms with Crippen molar-refractivity contribution in [1.82, 2.24) is 5.32 Å². The van der Waals surface area contributed by atoms with Gasteiger partial charge in [0.2, 0.25) is 5.91 Å². The molecule has 0 saturated heterocycles. The zero-order valence-electron chi connectivity index (χ0n) is 10.9. The van der Waals surface area contributed by atoms with Gasteiger partial charge in [-0.3, -0.25) is 4.79 Å². The average Bonchev–Trinajstić information content (AvgIpc) is 2.38. The molecule has 4 heteroatoms. The molecule has 0 heterocycles. The number of benzene rings is 1. The molecule has 0 fully saturated rings. The highest BCUT2D eigenvalue weighted by Gasteiger charge is 2.24. The molecular formula is C14H22N2O2. The van der Waals surface area contributed by atoms with Crippen molar-refractivity contribution in [3.05, 3.63) is 35.9 Å². The van der Waals surface area contributed by atoms with Gasteiger partial charge in [0.25, 0.3) is 0 Å². The molecule has 1 atom stereocenters. The molecular weight excluding hydrogens is 228 g/mol. The normalized spacial score (nSPS) is 14.1. The Morgan fingerprint density at radius 3 is 2.56 bits per heavy atom. The second-order valence-corrected chi connectivity index (χ2v) is 4.71. The largest absolute Gasteiger partial charge is 0.394 e. The number of aliphatic hydroxyl groups is 1. The number of carbonyl (C=O) groups is 1. The summed E-state index contributed by atoms with van der Waals surface area (Å²) in [6, 6.07) is 9.85. The second-order valence-electron chi connectivity index (χ2n) is 4.71. The number of unbranched alkanes of at least 4 members (excludes halogenated alkanes) is 1. The van der Waals surface area contributed by atoms with Crippen LogP contribution in [-0.2, 0) is 10.3 Å². The first kappa shape index (κ1) is 14.7. The zero-order chi connectivity index (χ0) is 13.4. The molecule has 4 nitrogen and oxygen atoms in total. The maximum absolute atomic E-state index is 10.6. The van der Waals surface area contributed by atoms with Crippen LogP contribution in [0.1, 0.15) is 31.7 Å². The second kappa shape index (κ2) is 7.13. The van der Waals surface area contributed by atoms with Crippen molar-refractivity contribution in [2.24, 2.45) is 5.73 Å². The number of rotatable bonds is 8. The average molecular weight is 250 g/mol. The lowest BCUT2D eigenvalue weighted by atomic mass is 9.93. The van der Waals surface area contributed by atoms with E-state index in [0.717, 1.165) is 24.9 Å². The molecule has 0 aliphatic carbocycles. The van der Waals surface area contributed by atoms with Gasteiger partial charge in [-0.1, -0.05) is 30.3 Å². The van der Waals surface area contributed by atoms with Crippen LogP contribution in [0.25, 0.3) is 0 Å². The molecule has 0 aliphatic rings. The Hall–Kier alpha value is -1.39. The molecule has 100 valence electrons. The summed E-state index contributed by atoms with van der Waals surface area (Å²) in [4.78, 5) is 10.6. The standard InChI is InChI=1S/C14H22N2O2/c1-14(11-17,12-7-3-2-4-8-12)16-10-6-5-9-13(15)18/h2-4,7-8,16-17H,5-6,9-11H2,1H3,(H2,15,18). The quantitative estimate of drug-likeness (QED) is 0.606.